The lowest BCUT2D eigenvalue weighted by Crippen LogP contribution is -2.48. The second-order valence-corrected chi connectivity index (χ2v) is 4.30. The Morgan fingerprint density at radius 2 is 1.71 bits per heavy atom. The molecule has 0 amide bonds. The fourth-order valence-electron chi connectivity index (χ4n) is 2.77. The van der Waals surface area contributed by atoms with E-state index in [2.05, 4.69) is 4.74 Å². The highest BCUT2D eigenvalue weighted by Gasteiger charge is 2.51. The largest absolute Gasteiger partial charge is 0.481 e. The highest BCUT2D eigenvalue weighted by atomic mass is 16.5. The maximum atomic E-state index is 11.4. The van der Waals surface area contributed by atoms with Crippen molar-refractivity contribution in [2.75, 3.05) is 7.11 Å². The van der Waals surface area contributed by atoms with E-state index >= 15 is 0 Å². The van der Waals surface area contributed by atoms with E-state index in [1.165, 1.54) is 7.11 Å². The Bertz CT molecular complexity index is 267. The van der Waals surface area contributed by atoms with Crippen molar-refractivity contribution < 1.29 is 19.4 Å². The summed E-state index contributed by atoms with van der Waals surface area (Å²) in [6, 6.07) is 0. The van der Waals surface area contributed by atoms with Gasteiger partial charge in [0.1, 0.15) is 0 Å². The monoisotopic (exact) mass is 198 g/mol. The first-order valence-corrected chi connectivity index (χ1v) is 4.94. The molecule has 3 fully saturated rings. The van der Waals surface area contributed by atoms with Gasteiger partial charge < -0.3 is 9.84 Å². The molecule has 14 heavy (non-hydrogen) atoms. The predicted molar refractivity (Wildman–Crippen MR) is 47.5 cm³/mol. The Labute approximate surface area is 82.2 Å². The van der Waals surface area contributed by atoms with Crippen LogP contribution >= 0.6 is 0 Å². The molecule has 2 unspecified atom stereocenters. The van der Waals surface area contributed by atoms with E-state index in [9.17, 15) is 9.59 Å². The summed E-state index contributed by atoms with van der Waals surface area (Å²) >= 11 is 0. The number of carbonyl (C=O) groups excluding carboxylic acids is 1. The molecule has 3 rings (SSSR count). The molecular formula is C10H14O4. The highest BCUT2D eigenvalue weighted by molar-refractivity contribution is 5.76. The van der Waals surface area contributed by atoms with Gasteiger partial charge in [-0.05, 0) is 31.1 Å². The molecule has 0 saturated heterocycles. The summed E-state index contributed by atoms with van der Waals surface area (Å²) < 4.78 is 4.68. The molecule has 0 aromatic carbocycles. The van der Waals surface area contributed by atoms with Gasteiger partial charge >= 0.3 is 11.9 Å². The van der Waals surface area contributed by atoms with Crippen LogP contribution in [0.5, 0.6) is 0 Å². The Morgan fingerprint density at radius 3 is 2.21 bits per heavy atom. The zero-order valence-corrected chi connectivity index (χ0v) is 8.10. The molecule has 2 atom stereocenters. The number of ether oxygens (including phenoxy) is 1. The first-order chi connectivity index (χ1) is 6.63. The standard InChI is InChI=1S/C10H14O4/c1-14-10(13)8-4-7(9(11)12)5-2-6(8)3-5/h5-8H,2-4H2,1H3,(H,11,12). The van der Waals surface area contributed by atoms with Crippen molar-refractivity contribution in [2.45, 2.75) is 19.3 Å². The molecule has 0 radical (unpaired) electrons. The lowest BCUT2D eigenvalue weighted by molar-refractivity contribution is -0.163. The van der Waals surface area contributed by atoms with Gasteiger partial charge in [-0.15, -0.1) is 0 Å². The minimum Gasteiger partial charge on any atom is -0.481 e. The van der Waals surface area contributed by atoms with E-state index in [1.54, 1.807) is 0 Å². The van der Waals surface area contributed by atoms with Gasteiger partial charge in [0.15, 0.2) is 0 Å². The second-order valence-electron chi connectivity index (χ2n) is 4.30. The number of methoxy groups -OCH3 is 1. The molecule has 3 aliphatic carbocycles. The van der Waals surface area contributed by atoms with Gasteiger partial charge in [-0.1, -0.05) is 0 Å². The average Bonchev–Trinajstić information content (AvgIpc) is 2.14. The Balaban J connectivity index is 2.07. The topological polar surface area (TPSA) is 63.6 Å². The van der Waals surface area contributed by atoms with Gasteiger partial charge in [-0.2, -0.15) is 0 Å². The summed E-state index contributed by atoms with van der Waals surface area (Å²) in [5.74, 6) is -0.821. The van der Waals surface area contributed by atoms with Gasteiger partial charge in [-0.25, -0.2) is 0 Å². The third kappa shape index (κ3) is 1.29. The van der Waals surface area contributed by atoms with E-state index < -0.39 is 5.97 Å². The quantitative estimate of drug-likeness (QED) is 0.670. The van der Waals surface area contributed by atoms with E-state index in [0.717, 1.165) is 12.8 Å². The number of carboxylic acids is 1. The van der Waals surface area contributed by atoms with Crippen LogP contribution in [0.1, 0.15) is 19.3 Å². The molecule has 0 heterocycles. The van der Waals surface area contributed by atoms with Crippen molar-refractivity contribution in [1.29, 1.82) is 0 Å². The normalized spacial score (nSPS) is 39.8. The molecule has 0 spiro atoms. The minimum atomic E-state index is -0.762. The van der Waals surface area contributed by atoms with E-state index in [1.807, 2.05) is 0 Å². The van der Waals surface area contributed by atoms with Crippen LogP contribution in [0.3, 0.4) is 0 Å². The number of aliphatic carboxylic acids is 1. The van der Waals surface area contributed by atoms with E-state index in [4.69, 9.17) is 5.11 Å². The zero-order valence-electron chi connectivity index (χ0n) is 8.10. The molecule has 2 bridgehead atoms. The molecule has 0 aromatic rings. The molecular weight excluding hydrogens is 184 g/mol. The van der Waals surface area contributed by atoms with Crippen molar-refractivity contribution in [3.05, 3.63) is 0 Å². The first-order valence-electron chi connectivity index (χ1n) is 4.94. The van der Waals surface area contributed by atoms with Crippen LogP contribution < -0.4 is 0 Å². The molecule has 4 nitrogen and oxygen atoms in total. The van der Waals surface area contributed by atoms with Crippen LogP contribution in [-0.2, 0) is 14.3 Å². The summed E-state index contributed by atoms with van der Waals surface area (Å²) in [4.78, 5) is 22.2. The summed E-state index contributed by atoms with van der Waals surface area (Å²) in [6.45, 7) is 0. The molecule has 0 aromatic heterocycles. The number of esters is 1. The van der Waals surface area contributed by atoms with Crippen LogP contribution in [0.15, 0.2) is 0 Å². The molecule has 1 N–H and O–H groups in total. The Kier molecular flexibility index (Phi) is 2.21. The van der Waals surface area contributed by atoms with Gasteiger partial charge in [0, 0.05) is 0 Å². The minimum absolute atomic E-state index is 0.175. The molecule has 4 heteroatoms. The maximum Gasteiger partial charge on any atom is 0.308 e. The van der Waals surface area contributed by atoms with Gasteiger partial charge in [0.25, 0.3) is 0 Å². The SMILES string of the molecule is COC(=O)C1CC(C(=O)O)C2CC1C2. The lowest BCUT2D eigenvalue weighted by Gasteiger charge is -2.48. The number of hydrogen-bond acceptors (Lipinski definition) is 3. The predicted octanol–water partition coefficient (Wildman–Crippen LogP) is 0.906. The number of carboxylic acid groups (broad SMARTS) is 1. The van der Waals surface area contributed by atoms with Gasteiger partial charge in [0.05, 0.1) is 18.9 Å². The molecule has 0 aliphatic heterocycles. The van der Waals surface area contributed by atoms with E-state index in [0.29, 0.717) is 18.3 Å². The smallest absolute Gasteiger partial charge is 0.308 e. The van der Waals surface area contributed by atoms with Crippen LogP contribution in [0.4, 0.5) is 0 Å². The lowest BCUT2D eigenvalue weighted by atomic mass is 9.55. The van der Waals surface area contributed by atoms with Crippen molar-refractivity contribution in [3.63, 3.8) is 0 Å². The van der Waals surface area contributed by atoms with Crippen LogP contribution in [0.2, 0.25) is 0 Å². The third-order valence-electron chi connectivity index (χ3n) is 3.68. The fourth-order valence-corrected chi connectivity index (χ4v) is 2.77. The number of fused-ring (bicyclic) bond motifs is 2. The molecule has 78 valence electrons. The van der Waals surface area contributed by atoms with Gasteiger partial charge in [0.2, 0.25) is 0 Å². The summed E-state index contributed by atoms with van der Waals surface area (Å²) in [5.41, 5.74) is 0. The highest BCUT2D eigenvalue weighted by Crippen LogP contribution is 2.52. The van der Waals surface area contributed by atoms with E-state index in [-0.39, 0.29) is 17.8 Å². The van der Waals surface area contributed by atoms with Gasteiger partial charge in [-0.3, -0.25) is 9.59 Å². The second kappa shape index (κ2) is 3.26. The zero-order chi connectivity index (χ0) is 10.3. The molecule has 3 saturated carbocycles. The molecule has 3 aliphatic rings. The van der Waals surface area contributed by atoms with Crippen molar-refractivity contribution >= 4 is 11.9 Å². The summed E-state index contributed by atoms with van der Waals surface area (Å²) in [7, 11) is 1.36. The fraction of sp³-hybridized carbons (Fsp3) is 0.800. The third-order valence-corrected chi connectivity index (χ3v) is 3.68. The first kappa shape index (κ1) is 9.49. The van der Waals surface area contributed by atoms with Crippen molar-refractivity contribution in [1.82, 2.24) is 0 Å². The van der Waals surface area contributed by atoms with Crippen LogP contribution in [0, 0.1) is 23.7 Å². The summed E-state index contributed by atoms with van der Waals surface area (Å²) in [6.07, 6.45) is 2.24. The van der Waals surface area contributed by atoms with Crippen molar-refractivity contribution in [2.24, 2.45) is 23.7 Å². The number of hydrogen-bond donors (Lipinski definition) is 1. The number of rotatable bonds is 2. The Hall–Kier alpha value is -1.06. The van der Waals surface area contributed by atoms with Crippen molar-refractivity contribution in [3.8, 4) is 0 Å². The summed E-state index contributed by atoms with van der Waals surface area (Å²) in [5, 5.41) is 8.95. The average molecular weight is 198 g/mol. The van der Waals surface area contributed by atoms with Crippen LogP contribution in [-0.4, -0.2) is 24.2 Å². The van der Waals surface area contributed by atoms with Crippen LogP contribution in [0.25, 0.3) is 0 Å². The number of carbonyl (C=O) groups is 2. The Morgan fingerprint density at radius 1 is 1.14 bits per heavy atom. The maximum absolute atomic E-state index is 11.4.